The highest BCUT2D eigenvalue weighted by Gasteiger charge is 2.23. The Hall–Kier alpha value is -3.95. The lowest BCUT2D eigenvalue weighted by molar-refractivity contribution is -0.137. The van der Waals surface area contributed by atoms with Crippen molar-refractivity contribution < 1.29 is 28.2 Å². The number of carbonyl (C=O) groups excluding carboxylic acids is 1. The molecule has 0 saturated heterocycles. The summed E-state index contributed by atoms with van der Waals surface area (Å²) in [7, 11) is 1.41. The van der Waals surface area contributed by atoms with E-state index in [9.17, 15) is 28.3 Å². The minimum absolute atomic E-state index is 0.228. The predicted octanol–water partition coefficient (Wildman–Crippen LogP) is 2.40. The number of aromatic amines is 1. The number of carbonyl (C=O) groups is 2. The molecule has 1 amide bonds. The molecule has 3 N–H and O–H groups in total. The fourth-order valence-electron chi connectivity index (χ4n) is 2.96. The summed E-state index contributed by atoms with van der Waals surface area (Å²) >= 11 is 0. The standard InChI is InChI=1S/C20H17F2N3O5/c1-30-17-5-3-2-4-12(17)14(10-19(27)28)23-20(29)15-9-18(26)25(24-15)16-7-6-11(21)8-13(16)22/h2-9,14,24H,10H2,1H3,(H,23,29)(H,27,28)/t14-/m0/s1. The summed E-state index contributed by atoms with van der Waals surface area (Å²) in [4.78, 5) is 36.1. The number of hydrogen-bond donors (Lipinski definition) is 3. The number of aromatic nitrogens is 2. The quantitative estimate of drug-likeness (QED) is 0.546. The van der Waals surface area contributed by atoms with Crippen molar-refractivity contribution in [1.29, 1.82) is 0 Å². The summed E-state index contributed by atoms with van der Waals surface area (Å²) in [6.07, 6.45) is -0.441. The molecule has 0 aliphatic carbocycles. The van der Waals surface area contributed by atoms with Crippen LogP contribution in [0.4, 0.5) is 8.78 Å². The number of carboxylic acid groups (broad SMARTS) is 1. The minimum atomic E-state index is -1.16. The summed E-state index contributed by atoms with van der Waals surface area (Å²) in [6.45, 7) is 0. The highest BCUT2D eigenvalue weighted by Crippen LogP contribution is 2.27. The van der Waals surface area contributed by atoms with Crippen molar-refractivity contribution in [3.63, 3.8) is 0 Å². The number of amides is 1. The molecule has 3 aromatic rings. The number of aliphatic carboxylic acids is 1. The molecule has 0 fully saturated rings. The number of halogens is 2. The van der Waals surface area contributed by atoms with Gasteiger partial charge in [-0.15, -0.1) is 0 Å². The van der Waals surface area contributed by atoms with Crippen molar-refractivity contribution in [1.82, 2.24) is 15.1 Å². The van der Waals surface area contributed by atoms with E-state index in [1.807, 2.05) is 0 Å². The number of nitrogens with one attached hydrogen (secondary N) is 2. The van der Waals surface area contributed by atoms with Gasteiger partial charge in [-0.1, -0.05) is 18.2 Å². The molecule has 1 atom stereocenters. The number of methoxy groups -OCH3 is 1. The first-order valence-corrected chi connectivity index (χ1v) is 8.73. The van der Waals surface area contributed by atoms with Gasteiger partial charge in [-0.3, -0.25) is 19.5 Å². The molecule has 1 heterocycles. The number of ether oxygens (including phenoxy) is 1. The predicted molar refractivity (Wildman–Crippen MR) is 102 cm³/mol. The topological polar surface area (TPSA) is 113 Å². The van der Waals surface area contributed by atoms with Crippen LogP contribution >= 0.6 is 0 Å². The Bertz CT molecular complexity index is 1160. The van der Waals surface area contributed by atoms with E-state index in [0.717, 1.165) is 22.9 Å². The molecule has 1 aromatic heterocycles. The lowest BCUT2D eigenvalue weighted by atomic mass is 10.0. The molecule has 0 spiro atoms. The maximum atomic E-state index is 14.0. The largest absolute Gasteiger partial charge is 0.496 e. The van der Waals surface area contributed by atoms with Crippen molar-refractivity contribution in [3.05, 3.63) is 81.8 Å². The third-order valence-electron chi connectivity index (χ3n) is 4.31. The Morgan fingerprint density at radius 3 is 2.60 bits per heavy atom. The number of para-hydroxylation sites is 1. The van der Waals surface area contributed by atoms with E-state index >= 15 is 0 Å². The third-order valence-corrected chi connectivity index (χ3v) is 4.31. The Labute approximate surface area is 168 Å². The van der Waals surface area contributed by atoms with E-state index < -0.39 is 41.5 Å². The Kier molecular flexibility index (Phi) is 5.95. The van der Waals surface area contributed by atoms with E-state index in [4.69, 9.17) is 4.74 Å². The first kappa shape index (κ1) is 20.8. The molecule has 0 aliphatic heterocycles. The van der Waals surface area contributed by atoms with Crippen LogP contribution in [0.15, 0.2) is 53.3 Å². The van der Waals surface area contributed by atoms with Gasteiger partial charge in [0.2, 0.25) is 0 Å². The number of benzene rings is 2. The molecule has 2 aromatic carbocycles. The van der Waals surface area contributed by atoms with Gasteiger partial charge >= 0.3 is 5.97 Å². The molecule has 30 heavy (non-hydrogen) atoms. The van der Waals surface area contributed by atoms with Crippen LogP contribution in [0.1, 0.15) is 28.5 Å². The summed E-state index contributed by atoms with van der Waals surface area (Å²) in [5.74, 6) is -3.38. The summed E-state index contributed by atoms with van der Waals surface area (Å²) in [5.41, 5.74) is -0.818. The monoisotopic (exact) mass is 417 g/mol. The molecular formula is C20H17F2N3O5. The van der Waals surface area contributed by atoms with Crippen molar-refractivity contribution in [2.75, 3.05) is 7.11 Å². The fourth-order valence-corrected chi connectivity index (χ4v) is 2.96. The second kappa shape index (κ2) is 8.60. The lowest BCUT2D eigenvalue weighted by Crippen LogP contribution is -2.31. The van der Waals surface area contributed by atoms with Crippen molar-refractivity contribution in [2.45, 2.75) is 12.5 Å². The van der Waals surface area contributed by atoms with Gasteiger partial charge in [-0.25, -0.2) is 13.5 Å². The second-order valence-corrected chi connectivity index (χ2v) is 6.31. The molecule has 10 heteroatoms. The van der Waals surface area contributed by atoms with Crippen molar-refractivity contribution in [2.24, 2.45) is 0 Å². The van der Waals surface area contributed by atoms with Gasteiger partial charge in [0.25, 0.3) is 11.5 Å². The van der Waals surface area contributed by atoms with Crippen LogP contribution in [0.25, 0.3) is 5.69 Å². The maximum absolute atomic E-state index is 14.0. The molecule has 8 nitrogen and oxygen atoms in total. The first-order chi connectivity index (χ1) is 14.3. The van der Waals surface area contributed by atoms with Crippen LogP contribution in [0.3, 0.4) is 0 Å². The number of hydrogen-bond acceptors (Lipinski definition) is 4. The smallest absolute Gasteiger partial charge is 0.305 e. The van der Waals surface area contributed by atoms with E-state index in [-0.39, 0.29) is 11.4 Å². The van der Waals surface area contributed by atoms with Gasteiger partial charge in [0.1, 0.15) is 22.9 Å². The summed E-state index contributed by atoms with van der Waals surface area (Å²) < 4.78 is 33.1. The van der Waals surface area contributed by atoms with Crippen LogP contribution in [-0.2, 0) is 4.79 Å². The molecule has 156 valence electrons. The number of carboxylic acids is 1. The van der Waals surface area contributed by atoms with Crippen LogP contribution in [0.5, 0.6) is 5.75 Å². The van der Waals surface area contributed by atoms with Gasteiger partial charge in [0, 0.05) is 17.7 Å². The number of H-pyrrole nitrogens is 1. The van der Waals surface area contributed by atoms with Gasteiger partial charge < -0.3 is 15.2 Å². The Balaban J connectivity index is 1.91. The molecule has 0 unspecified atom stereocenters. The van der Waals surface area contributed by atoms with E-state index in [1.54, 1.807) is 24.3 Å². The van der Waals surface area contributed by atoms with Crippen molar-refractivity contribution in [3.8, 4) is 11.4 Å². The maximum Gasteiger partial charge on any atom is 0.305 e. The SMILES string of the molecule is COc1ccccc1[C@H](CC(=O)O)NC(=O)c1cc(=O)n(-c2ccc(F)cc2F)[nH]1. The zero-order valence-electron chi connectivity index (χ0n) is 15.7. The highest BCUT2D eigenvalue weighted by molar-refractivity contribution is 5.92. The van der Waals surface area contributed by atoms with Gasteiger partial charge in [-0.2, -0.15) is 0 Å². The zero-order chi connectivity index (χ0) is 21.8. The minimum Gasteiger partial charge on any atom is -0.496 e. The molecular weight excluding hydrogens is 400 g/mol. The fraction of sp³-hybridized carbons (Fsp3) is 0.150. The van der Waals surface area contributed by atoms with E-state index in [2.05, 4.69) is 10.4 Å². The first-order valence-electron chi connectivity index (χ1n) is 8.73. The third kappa shape index (κ3) is 4.37. The normalized spacial score (nSPS) is 11.7. The Morgan fingerprint density at radius 2 is 1.93 bits per heavy atom. The molecule has 0 bridgehead atoms. The van der Waals surface area contributed by atoms with Crippen LogP contribution in [-0.4, -0.2) is 33.9 Å². The summed E-state index contributed by atoms with van der Waals surface area (Å²) in [6, 6.07) is 9.17. The molecule has 0 radical (unpaired) electrons. The molecule has 3 rings (SSSR count). The van der Waals surface area contributed by atoms with Gasteiger partial charge in [-0.05, 0) is 18.2 Å². The van der Waals surface area contributed by atoms with E-state index in [1.165, 1.54) is 7.11 Å². The number of rotatable bonds is 7. The van der Waals surface area contributed by atoms with Gasteiger partial charge in [0.15, 0.2) is 5.82 Å². The lowest BCUT2D eigenvalue weighted by Gasteiger charge is -2.19. The highest BCUT2D eigenvalue weighted by atomic mass is 19.1. The zero-order valence-corrected chi connectivity index (χ0v) is 15.7. The molecule has 0 saturated carbocycles. The van der Waals surface area contributed by atoms with Crippen LogP contribution in [0.2, 0.25) is 0 Å². The van der Waals surface area contributed by atoms with Gasteiger partial charge in [0.05, 0.1) is 19.6 Å². The van der Waals surface area contributed by atoms with Crippen molar-refractivity contribution >= 4 is 11.9 Å². The average molecular weight is 417 g/mol. The van der Waals surface area contributed by atoms with Crippen LogP contribution < -0.4 is 15.6 Å². The summed E-state index contributed by atoms with van der Waals surface area (Å²) in [5, 5.41) is 14.2. The van der Waals surface area contributed by atoms with Crippen LogP contribution in [0, 0.1) is 11.6 Å². The average Bonchev–Trinajstić information content (AvgIpc) is 3.08. The number of nitrogens with zero attached hydrogens (tertiary/aromatic N) is 1. The van der Waals surface area contributed by atoms with E-state index in [0.29, 0.717) is 17.4 Å². The Morgan fingerprint density at radius 1 is 1.20 bits per heavy atom. The second-order valence-electron chi connectivity index (χ2n) is 6.31. The molecule has 0 aliphatic rings.